The Bertz CT molecular complexity index is 64.6. The van der Waals surface area contributed by atoms with Crippen LogP contribution in [0, 0.1) is 0 Å². The number of nitrogens with two attached hydrogens (primary N) is 1. The molecule has 0 saturated carbocycles. The summed E-state index contributed by atoms with van der Waals surface area (Å²) >= 11 is 6.83. The molecule has 0 unspecified atom stereocenters. The predicted molar refractivity (Wildman–Crippen MR) is 23.0 cm³/mol. The van der Waals surface area contributed by atoms with Crippen LogP contribution in [0.4, 0.5) is 4.79 Å². The number of rotatable bonds is 0. The van der Waals surface area contributed by atoms with Crippen LogP contribution in [0.15, 0.2) is 0 Å². The number of primary amides is 1. The molecule has 0 fully saturated rings. The van der Waals surface area contributed by atoms with Crippen molar-refractivity contribution in [3.63, 3.8) is 0 Å². The third kappa shape index (κ3) is 2.34. The van der Waals surface area contributed by atoms with E-state index >= 15 is 0 Å². The van der Waals surface area contributed by atoms with Gasteiger partial charge in [0.2, 0.25) is 0 Å². The molecule has 0 atom stereocenters. The van der Waals surface area contributed by atoms with Crippen molar-refractivity contribution in [1.82, 2.24) is 3.40 Å². The van der Waals surface area contributed by atoms with Gasteiger partial charge in [0, 0.05) is 0 Å². The highest BCUT2D eigenvalue weighted by Gasteiger charge is 1.90. The molecule has 2 N–H and O–H groups in total. The Balaban J connectivity index is 3.26. The van der Waals surface area contributed by atoms with Gasteiger partial charge in [-0.05, 0) is 11.8 Å². The molecule has 0 aromatic heterocycles. The first-order valence-corrected chi connectivity index (χ1v) is 2.00. The topological polar surface area (TPSA) is 46.3 Å². The molecule has 5 heteroatoms. The van der Waals surface area contributed by atoms with Crippen molar-refractivity contribution in [3.8, 4) is 0 Å². The Labute approximate surface area is 48.8 Å². The number of amides is 2. The van der Waals surface area contributed by atoms with Crippen LogP contribution in [0.5, 0.6) is 0 Å². The summed E-state index contributed by atoms with van der Waals surface area (Å²) in [5.74, 6) is 0. The standard InChI is InChI=1S/CH3ClN2O.Al/c2-4-1(3)5;/h(H3,3,4,5);/q;+1/p-1. The molecular formula is CH2AlClN2O. The molecule has 0 spiro atoms. The number of urea groups is 1. The first-order valence-electron chi connectivity index (χ1n) is 1.14. The van der Waals surface area contributed by atoms with E-state index in [9.17, 15) is 4.79 Å². The van der Waals surface area contributed by atoms with Crippen LogP contribution in [0.3, 0.4) is 0 Å². The van der Waals surface area contributed by atoms with Gasteiger partial charge in [0.1, 0.15) is 0 Å². The molecule has 2 radical (unpaired) electrons. The molecule has 0 bridgehead atoms. The highest BCUT2D eigenvalue weighted by atomic mass is 35.5. The molecule has 0 aromatic rings. The maximum Gasteiger partial charge on any atom is 0.348 e. The average molecular weight is 120 g/mol. The highest BCUT2D eigenvalue weighted by Crippen LogP contribution is 1.80. The first-order chi connectivity index (χ1) is 2.64. The number of hydrogen-bond donors (Lipinski definition) is 1. The van der Waals surface area contributed by atoms with E-state index in [0.29, 0.717) is 3.40 Å². The fraction of sp³-hybridized carbons (Fsp3) is 0. The molecule has 0 rings (SSSR count). The number of carbonyl (C=O) groups is 1. The Hall–Kier alpha value is 0.0925. The summed E-state index contributed by atoms with van der Waals surface area (Å²) in [6.45, 7) is 0. The van der Waals surface area contributed by atoms with E-state index in [1.54, 1.807) is 0 Å². The lowest BCUT2D eigenvalue weighted by Gasteiger charge is -2.00. The summed E-state index contributed by atoms with van der Waals surface area (Å²) in [7, 11) is 0. The Kier molecular flexibility index (Phi) is 2.33. The van der Waals surface area contributed by atoms with E-state index in [2.05, 4.69) is 5.73 Å². The van der Waals surface area contributed by atoms with Gasteiger partial charge in [0.25, 0.3) is 0 Å². The third-order valence-corrected chi connectivity index (χ3v) is 0.632. The normalized spacial score (nSPS) is 7.50. The monoisotopic (exact) mass is 120 g/mol. The van der Waals surface area contributed by atoms with Gasteiger partial charge in [-0.1, -0.05) is 0 Å². The maximum atomic E-state index is 9.69. The molecule has 0 saturated heterocycles. The quantitative estimate of drug-likeness (QED) is 0.343. The summed E-state index contributed by atoms with van der Waals surface area (Å²) in [6, 6.07) is -0.679. The number of hydrogen-bond acceptors (Lipinski definition) is 1. The molecule has 32 valence electrons. The van der Waals surface area contributed by atoms with Crippen molar-refractivity contribution in [2.24, 2.45) is 5.73 Å². The number of nitrogens with zero attached hydrogens (tertiary/aromatic N) is 1. The van der Waals surface area contributed by atoms with Crippen LogP contribution in [0.1, 0.15) is 0 Å². The minimum absolute atomic E-state index is 0.679. The second kappa shape index (κ2) is 2.30. The van der Waals surface area contributed by atoms with Crippen molar-refractivity contribution < 1.29 is 4.79 Å². The van der Waals surface area contributed by atoms with Crippen molar-refractivity contribution in [2.45, 2.75) is 0 Å². The van der Waals surface area contributed by atoms with Crippen molar-refractivity contribution >= 4 is 34.3 Å². The lowest BCUT2D eigenvalue weighted by atomic mass is 11.2. The zero-order valence-corrected chi connectivity index (χ0v) is 4.80. The van der Waals surface area contributed by atoms with Crippen molar-refractivity contribution in [2.75, 3.05) is 0 Å². The minimum atomic E-state index is -0.679. The van der Waals surface area contributed by atoms with Crippen LogP contribution in [0.2, 0.25) is 0 Å². The lowest BCUT2D eigenvalue weighted by Crippen LogP contribution is -2.24. The summed E-state index contributed by atoms with van der Waals surface area (Å²) in [5, 5.41) is 0. The second-order valence-corrected chi connectivity index (χ2v) is 1.86. The van der Waals surface area contributed by atoms with E-state index in [4.69, 9.17) is 11.8 Å². The van der Waals surface area contributed by atoms with E-state index in [1.165, 1.54) is 0 Å². The van der Waals surface area contributed by atoms with Crippen molar-refractivity contribution in [3.05, 3.63) is 0 Å². The van der Waals surface area contributed by atoms with E-state index < -0.39 is 6.03 Å². The van der Waals surface area contributed by atoms with E-state index in [0.717, 1.165) is 0 Å². The third-order valence-electron chi connectivity index (χ3n) is 0.211. The Morgan fingerprint density at radius 2 is 2.17 bits per heavy atom. The van der Waals surface area contributed by atoms with Crippen LogP contribution in [0.25, 0.3) is 0 Å². The summed E-state index contributed by atoms with van der Waals surface area (Å²) in [6.07, 6.45) is 0. The number of halogens is 1. The average Bonchev–Trinajstić information content (AvgIpc) is 1.36. The van der Waals surface area contributed by atoms with Gasteiger partial charge in [-0.2, -0.15) is 0 Å². The van der Waals surface area contributed by atoms with Gasteiger partial charge in [0.15, 0.2) is 0 Å². The summed E-state index contributed by atoms with van der Waals surface area (Å²) in [5.41, 5.74) is 4.57. The van der Waals surface area contributed by atoms with Gasteiger partial charge in [-0.15, -0.1) is 0 Å². The van der Waals surface area contributed by atoms with Crippen LogP contribution >= 0.6 is 11.8 Å². The largest absolute Gasteiger partial charge is 0.357 e. The number of carbonyl (C=O) groups excluding carboxylic acids is 1. The minimum Gasteiger partial charge on any atom is -0.357 e. The SMILES string of the molecule is NC(=O)[N]([Al])Cl. The van der Waals surface area contributed by atoms with Crippen LogP contribution in [-0.2, 0) is 0 Å². The smallest absolute Gasteiger partial charge is 0.348 e. The van der Waals surface area contributed by atoms with Gasteiger partial charge in [0.05, 0.1) is 0 Å². The van der Waals surface area contributed by atoms with Crippen LogP contribution in [-0.4, -0.2) is 25.9 Å². The second-order valence-electron chi connectivity index (χ2n) is 0.649. The molecule has 2 amide bonds. The molecular weight excluding hydrogens is 118 g/mol. The molecule has 0 aromatic carbocycles. The fourth-order valence-corrected chi connectivity index (χ4v) is 0. The molecule has 0 aliphatic carbocycles. The maximum absolute atomic E-state index is 9.69. The molecule has 3 nitrogen and oxygen atoms in total. The molecule has 0 heterocycles. The predicted octanol–water partition coefficient (Wildman–Crippen LogP) is -0.396. The zero-order chi connectivity index (χ0) is 5.15. The summed E-state index contributed by atoms with van der Waals surface area (Å²) in [4.78, 5) is 9.69. The Morgan fingerprint density at radius 1 is 2.00 bits per heavy atom. The fourth-order valence-electron chi connectivity index (χ4n) is 0. The highest BCUT2D eigenvalue weighted by molar-refractivity contribution is 6.37. The lowest BCUT2D eigenvalue weighted by molar-refractivity contribution is 0.245. The van der Waals surface area contributed by atoms with E-state index in [1.807, 2.05) is 16.5 Å². The van der Waals surface area contributed by atoms with E-state index in [-0.39, 0.29) is 0 Å². The zero-order valence-electron chi connectivity index (χ0n) is 2.89. The van der Waals surface area contributed by atoms with Gasteiger partial charge in [-0.3, -0.25) is 4.79 Å². The first kappa shape index (κ1) is 6.09. The summed E-state index contributed by atoms with van der Waals surface area (Å²) < 4.78 is 0.694. The van der Waals surface area contributed by atoms with Crippen molar-refractivity contribution in [1.29, 1.82) is 0 Å². The Morgan fingerprint density at radius 3 is 2.17 bits per heavy atom. The molecule has 6 heavy (non-hydrogen) atoms. The molecule has 0 aliphatic heterocycles. The van der Waals surface area contributed by atoms with Crippen LogP contribution < -0.4 is 5.73 Å². The van der Waals surface area contributed by atoms with Gasteiger partial charge >= 0.3 is 22.5 Å². The molecule has 0 aliphatic rings. The van der Waals surface area contributed by atoms with Gasteiger partial charge in [-0.25, -0.2) is 0 Å². The van der Waals surface area contributed by atoms with Gasteiger partial charge < -0.3 is 9.14 Å².